The third-order valence-corrected chi connectivity index (χ3v) is 2.20. The van der Waals surface area contributed by atoms with Crippen LogP contribution in [-0.2, 0) is 4.79 Å². The first-order chi connectivity index (χ1) is 4.09. The van der Waals surface area contributed by atoms with Crippen LogP contribution in [0, 0.1) is 0 Å². The molecule has 0 bridgehead atoms. The highest BCUT2D eigenvalue weighted by Crippen LogP contribution is 2.07. The minimum absolute atomic E-state index is 0.0116. The molecule has 0 aromatic rings. The monoisotopic (exact) mass is 149 g/mol. The number of carboxylic acid groups (broad SMARTS) is 1. The Morgan fingerprint density at radius 2 is 2.22 bits per heavy atom. The number of hydrogen-bond acceptors (Lipinski definition) is 3. The Hall–Kier alpha value is -0.220. The van der Waals surface area contributed by atoms with E-state index in [0.29, 0.717) is 0 Å². The van der Waals surface area contributed by atoms with Gasteiger partial charge in [-0.3, -0.25) is 4.79 Å². The molecule has 0 amide bonds. The van der Waals surface area contributed by atoms with Crippen LogP contribution in [0.4, 0.5) is 0 Å². The summed E-state index contributed by atoms with van der Waals surface area (Å²) in [4.78, 5) is 10.2. The number of rotatable bonds is 3. The highest BCUT2D eigenvalue weighted by molar-refractivity contribution is 7.99. The van der Waals surface area contributed by atoms with Gasteiger partial charge in [-0.15, -0.1) is 0 Å². The molecule has 0 rings (SSSR count). The van der Waals surface area contributed by atoms with Crippen molar-refractivity contribution < 1.29 is 9.90 Å². The van der Waals surface area contributed by atoms with E-state index in [1.807, 2.05) is 6.26 Å². The third kappa shape index (κ3) is 2.72. The molecule has 54 valence electrons. The molecular formula is C5H11NO2S. The topological polar surface area (TPSA) is 63.3 Å². The maximum absolute atomic E-state index is 10.2. The smallest absolute Gasteiger partial charge is 0.321 e. The molecule has 0 aromatic carbocycles. The van der Waals surface area contributed by atoms with Gasteiger partial charge in [-0.1, -0.05) is 6.92 Å². The second-order valence-electron chi connectivity index (χ2n) is 1.80. The summed E-state index contributed by atoms with van der Waals surface area (Å²) in [6.45, 7) is 1.80. The van der Waals surface area contributed by atoms with Crippen LogP contribution in [0.3, 0.4) is 0 Å². The second kappa shape index (κ2) is 3.74. The van der Waals surface area contributed by atoms with Gasteiger partial charge in [0.15, 0.2) is 0 Å². The summed E-state index contributed by atoms with van der Waals surface area (Å²) in [5.74, 6) is -0.933. The lowest BCUT2D eigenvalue weighted by atomic mass is 10.2. The Kier molecular flexibility index (Phi) is 3.65. The summed E-state index contributed by atoms with van der Waals surface area (Å²) < 4.78 is 0. The van der Waals surface area contributed by atoms with E-state index in [0.717, 1.165) is 0 Å². The second-order valence-corrected chi connectivity index (χ2v) is 3.02. The molecule has 0 aliphatic rings. The zero-order valence-corrected chi connectivity index (χ0v) is 6.31. The molecule has 0 saturated heterocycles. The Morgan fingerprint density at radius 3 is 2.33 bits per heavy atom. The van der Waals surface area contributed by atoms with E-state index in [1.54, 1.807) is 6.92 Å². The SMILES string of the molecule is CS[C@H](C)[C@@H](N)C(=O)O. The number of carboxylic acids is 1. The molecule has 2 atom stereocenters. The van der Waals surface area contributed by atoms with Crippen LogP contribution in [0.2, 0.25) is 0 Å². The van der Waals surface area contributed by atoms with Gasteiger partial charge in [0.2, 0.25) is 0 Å². The van der Waals surface area contributed by atoms with Gasteiger partial charge in [0.1, 0.15) is 6.04 Å². The van der Waals surface area contributed by atoms with Gasteiger partial charge in [-0.25, -0.2) is 0 Å². The van der Waals surface area contributed by atoms with Crippen LogP contribution in [0.5, 0.6) is 0 Å². The fraction of sp³-hybridized carbons (Fsp3) is 0.800. The number of aliphatic carboxylic acids is 1. The molecule has 0 spiro atoms. The van der Waals surface area contributed by atoms with E-state index in [4.69, 9.17) is 10.8 Å². The van der Waals surface area contributed by atoms with Gasteiger partial charge in [-0.2, -0.15) is 11.8 Å². The van der Waals surface area contributed by atoms with Crippen LogP contribution < -0.4 is 5.73 Å². The van der Waals surface area contributed by atoms with Crippen molar-refractivity contribution in [1.29, 1.82) is 0 Å². The molecule has 0 unspecified atom stereocenters. The Bertz CT molecular complexity index is 107. The molecule has 0 saturated carbocycles. The lowest BCUT2D eigenvalue weighted by Gasteiger charge is -2.11. The molecule has 9 heavy (non-hydrogen) atoms. The third-order valence-electron chi connectivity index (χ3n) is 1.16. The summed E-state index contributed by atoms with van der Waals surface area (Å²) >= 11 is 1.46. The lowest BCUT2D eigenvalue weighted by Crippen LogP contribution is -2.38. The Labute approximate surface area is 58.6 Å². The lowest BCUT2D eigenvalue weighted by molar-refractivity contribution is -0.138. The average molecular weight is 149 g/mol. The van der Waals surface area contributed by atoms with Crippen molar-refractivity contribution in [3.63, 3.8) is 0 Å². The molecule has 3 nitrogen and oxygen atoms in total. The fourth-order valence-electron chi connectivity index (χ4n) is 0.347. The van der Waals surface area contributed by atoms with Crippen LogP contribution in [0.1, 0.15) is 6.92 Å². The molecule has 0 aromatic heterocycles. The summed E-state index contributed by atoms with van der Waals surface area (Å²) in [5, 5.41) is 8.33. The number of carbonyl (C=O) groups is 1. The zero-order valence-electron chi connectivity index (χ0n) is 5.50. The quantitative estimate of drug-likeness (QED) is 0.599. The summed E-state index contributed by atoms with van der Waals surface area (Å²) in [6.07, 6.45) is 1.84. The van der Waals surface area contributed by atoms with Crippen LogP contribution >= 0.6 is 11.8 Å². The number of hydrogen-bond donors (Lipinski definition) is 2. The molecule has 3 N–H and O–H groups in total. The van der Waals surface area contributed by atoms with Gasteiger partial charge < -0.3 is 10.8 Å². The number of thioether (sulfide) groups is 1. The first-order valence-corrected chi connectivity index (χ1v) is 3.89. The standard InChI is InChI=1S/C5H11NO2S/c1-3(9-2)4(6)5(7)8/h3-4H,6H2,1-2H3,(H,7,8)/t3-,4-/m1/s1. The van der Waals surface area contributed by atoms with Crippen molar-refractivity contribution in [3.8, 4) is 0 Å². The summed E-state index contributed by atoms with van der Waals surface area (Å²) in [6, 6.07) is -0.736. The Balaban J connectivity index is 3.72. The molecule has 0 aliphatic heterocycles. The van der Waals surface area contributed by atoms with E-state index < -0.39 is 12.0 Å². The molecule has 0 fully saturated rings. The van der Waals surface area contributed by atoms with E-state index in [9.17, 15) is 4.79 Å². The Morgan fingerprint density at radius 1 is 1.78 bits per heavy atom. The summed E-state index contributed by atoms with van der Waals surface area (Å²) in [5.41, 5.74) is 5.25. The van der Waals surface area contributed by atoms with Crippen molar-refractivity contribution in [2.45, 2.75) is 18.2 Å². The van der Waals surface area contributed by atoms with Crippen LogP contribution in [-0.4, -0.2) is 28.6 Å². The van der Waals surface area contributed by atoms with Crippen molar-refractivity contribution in [3.05, 3.63) is 0 Å². The van der Waals surface area contributed by atoms with Crippen molar-refractivity contribution >= 4 is 17.7 Å². The number of nitrogens with two attached hydrogens (primary N) is 1. The fourth-order valence-corrected chi connectivity index (χ4v) is 0.757. The molecular weight excluding hydrogens is 138 g/mol. The maximum Gasteiger partial charge on any atom is 0.321 e. The van der Waals surface area contributed by atoms with E-state index in [1.165, 1.54) is 11.8 Å². The van der Waals surface area contributed by atoms with E-state index in [-0.39, 0.29) is 5.25 Å². The summed E-state index contributed by atoms with van der Waals surface area (Å²) in [7, 11) is 0. The molecule has 4 heteroatoms. The van der Waals surface area contributed by atoms with Gasteiger partial charge in [0.05, 0.1) is 0 Å². The minimum Gasteiger partial charge on any atom is -0.480 e. The minimum atomic E-state index is -0.933. The van der Waals surface area contributed by atoms with E-state index in [2.05, 4.69) is 0 Å². The largest absolute Gasteiger partial charge is 0.480 e. The first kappa shape index (κ1) is 8.78. The molecule has 0 aliphatic carbocycles. The van der Waals surface area contributed by atoms with Gasteiger partial charge in [-0.05, 0) is 6.26 Å². The van der Waals surface area contributed by atoms with Crippen LogP contribution in [0.15, 0.2) is 0 Å². The zero-order chi connectivity index (χ0) is 7.44. The van der Waals surface area contributed by atoms with Gasteiger partial charge in [0, 0.05) is 5.25 Å². The van der Waals surface area contributed by atoms with E-state index >= 15 is 0 Å². The van der Waals surface area contributed by atoms with Gasteiger partial charge >= 0.3 is 5.97 Å². The highest BCUT2D eigenvalue weighted by Gasteiger charge is 2.17. The predicted molar refractivity (Wildman–Crippen MR) is 38.6 cm³/mol. The normalized spacial score (nSPS) is 16.8. The van der Waals surface area contributed by atoms with Gasteiger partial charge in [0.25, 0.3) is 0 Å². The molecule has 0 heterocycles. The van der Waals surface area contributed by atoms with Crippen LogP contribution in [0.25, 0.3) is 0 Å². The molecule has 0 radical (unpaired) electrons. The highest BCUT2D eigenvalue weighted by atomic mass is 32.2. The van der Waals surface area contributed by atoms with Crippen molar-refractivity contribution in [2.24, 2.45) is 5.73 Å². The maximum atomic E-state index is 10.2. The van der Waals surface area contributed by atoms with Crippen molar-refractivity contribution in [1.82, 2.24) is 0 Å². The average Bonchev–Trinajstić information content (AvgIpc) is 1.84. The van der Waals surface area contributed by atoms with Crippen molar-refractivity contribution in [2.75, 3.05) is 6.26 Å². The predicted octanol–water partition coefficient (Wildman–Crippen LogP) is 0.150. The first-order valence-electron chi connectivity index (χ1n) is 2.60.